The van der Waals surface area contributed by atoms with E-state index >= 15 is 0 Å². The van der Waals surface area contributed by atoms with E-state index in [1.807, 2.05) is 11.9 Å². The summed E-state index contributed by atoms with van der Waals surface area (Å²) in [5.74, 6) is 0. The average molecular weight is 242 g/mol. The molecule has 0 aromatic rings. The standard InChI is InChI=1S/C11H22N4O2/c1-3-5-6-7-9-13-11(8-4-2)14(10-12-13)15(16)17/h10-11H,3-9H2,1-2H3. The number of rotatable bonds is 8. The first-order valence-electron chi connectivity index (χ1n) is 6.44. The minimum atomic E-state index is -0.379. The highest BCUT2D eigenvalue weighted by Gasteiger charge is 2.34. The monoisotopic (exact) mass is 242 g/mol. The molecule has 1 heterocycles. The van der Waals surface area contributed by atoms with Crippen LogP contribution < -0.4 is 0 Å². The molecule has 17 heavy (non-hydrogen) atoms. The number of hydrazine groups is 1. The highest BCUT2D eigenvalue weighted by Crippen LogP contribution is 2.18. The van der Waals surface area contributed by atoms with Crippen LogP contribution in [0.4, 0.5) is 0 Å². The second kappa shape index (κ2) is 7.09. The Morgan fingerprint density at radius 2 is 2.06 bits per heavy atom. The first kappa shape index (κ1) is 13.7. The molecule has 0 fully saturated rings. The van der Waals surface area contributed by atoms with Crippen LogP contribution in [0.25, 0.3) is 0 Å². The number of hydrogen-bond acceptors (Lipinski definition) is 4. The molecule has 0 radical (unpaired) electrons. The van der Waals surface area contributed by atoms with Crippen molar-refractivity contribution in [1.29, 1.82) is 0 Å². The number of unbranched alkanes of at least 4 members (excludes halogenated alkanes) is 3. The van der Waals surface area contributed by atoms with Crippen LogP contribution in [0.1, 0.15) is 52.4 Å². The molecule has 0 aliphatic carbocycles. The SMILES string of the molecule is CCCCCCN1N=CN([N+](=O)[O-])C1CCC. The second-order valence-electron chi connectivity index (χ2n) is 4.34. The van der Waals surface area contributed by atoms with E-state index in [2.05, 4.69) is 12.0 Å². The van der Waals surface area contributed by atoms with Crippen LogP contribution >= 0.6 is 0 Å². The summed E-state index contributed by atoms with van der Waals surface area (Å²) < 4.78 is 0. The highest BCUT2D eigenvalue weighted by atomic mass is 16.7. The second-order valence-corrected chi connectivity index (χ2v) is 4.34. The van der Waals surface area contributed by atoms with E-state index in [0.29, 0.717) is 0 Å². The van der Waals surface area contributed by atoms with E-state index in [4.69, 9.17) is 0 Å². The number of hydrogen-bond donors (Lipinski definition) is 0. The summed E-state index contributed by atoms with van der Waals surface area (Å²) in [7, 11) is 0. The molecule has 0 saturated carbocycles. The zero-order chi connectivity index (χ0) is 12.7. The van der Waals surface area contributed by atoms with E-state index < -0.39 is 0 Å². The molecule has 1 atom stereocenters. The van der Waals surface area contributed by atoms with Crippen LogP contribution in [0.15, 0.2) is 5.10 Å². The predicted octanol–water partition coefficient (Wildman–Crippen LogP) is 2.45. The summed E-state index contributed by atoms with van der Waals surface area (Å²) in [5, 5.41) is 17.5. The van der Waals surface area contributed by atoms with Crippen molar-refractivity contribution in [1.82, 2.24) is 10.0 Å². The van der Waals surface area contributed by atoms with Gasteiger partial charge in [-0.25, -0.2) is 10.1 Å². The van der Waals surface area contributed by atoms with Gasteiger partial charge in [0.15, 0.2) is 17.5 Å². The molecule has 1 aliphatic rings. The van der Waals surface area contributed by atoms with Crippen molar-refractivity contribution < 1.29 is 5.03 Å². The third-order valence-electron chi connectivity index (χ3n) is 2.94. The van der Waals surface area contributed by atoms with Crippen molar-refractivity contribution in [2.75, 3.05) is 6.54 Å². The highest BCUT2D eigenvalue weighted by molar-refractivity contribution is 5.55. The van der Waals surface area contributed by atoms with Gasteiger partial charge in [-0.1, -0.05) is 44.5 Å². The molecule has 98 valence electrons. The molecular weight excluding hydrogens is 220 g/mol. The molecule has 0 aromatic heterocycles. The van der Waals surface area contributed by atoms with Crippen molar-refractivity contribution in [3.8, 4) is 0 Å². The lowest BCUT2D eigenvalue weighted by Gasteiger charge is -2.24. The van der Waals surface area contributed by atoms with Crippen molar-refractivity contribution in [3.63, 3.8) is 0 Å². The molecule has 0 N–H and O–H groups in total. The maximum Gasteiger partial charge on any atom is 0.183 e. The Morgan fingerprint density at radius 3 is 2.65 bits per heavy atom. The Hall–Kier alpha value is -1.33. The third kappa shape index (κ3) is 3.87. The molecule has 1 rings (SSSR count). The van der Waals surface area contributed by atoms with E-state index in [0.717, 1.165) is 30.8 Å². The fourth-order valence-corrected chi connectivity index (χ4v) is 2.01. The summed E-state index contributed by atoms with van der Waals surface area (Å²) in [5.41, 5.74) is 0. The van der Waals surface area contributed by atoms with Gasteiger partial charge in [0.25, 0.3) is 0 Å². The Morgan fingerprint density at radius 1 is 1.29 bits per heavy atom. The van der Waals surface area contributed by atoms with Crippen molar-refractivity contribution in [2.24, 2.45) is 5.10 Å². The average Bonchev–Trinajstić information content (AvgIpc) is 2.69. The lowest BCUT2D eigenvalue weighted by atomic mass is 10.2. The normalized spacial score (nSPS) is 19.1. The van der Waals surface area contributed by atoms with Gasteiger partial charge in [-0.15, -0.1) is 0 Å². The van der Waals surface area contributed by atoms with Crippen LogP contribution in [0.3, 0.4) is 0 Å². The molecule has 0 aromatic carbocycles. The molecule has 0 spiro atoms. The zero-order valence-electron chi connectivity index (χ0n) is 10.7. The number of nitrogens with zero attached hydrogens (tertiary/aromatic N) is 4. The Bertz CT molecular complexity index is 270. The zero-order valence-corrected chi connectivity index (χ0v) is 10.7. The Labute approximate surface area is 102 Å². The van der Waals surface area contributed by atoms with Gasteiger partial charge in [-0.3, -0.25) is 5.01 Å². The lowest BCUT2D eigenvalue weighted by molar-refractivity contribution is -0.638. The van der Waals surface area contributed by atoms with Gasteiger partial charge in [0.2, 0.25) is 0 Å². The van der Waals surface area contributed by atoms with Crippen molar-refractivity contribution >= 4 is 6.34 Å². The minimum absolute atomic E-state index is 0.198. The van der Waals surface area contributed by atoms with E-state index in [-0.39, 0.29) is 11.2 Å². The van der Waals surface area contributed by atoms with E-state index in [9.17, 15) is 10.1 Å². The molecule has 6 heteroatoms. The summed E-state index contributed by atoms with van der Waals surface area (Å²) >= 11 is 0. The lowest BCUT2D eigenvalue weighted by Crippen LogP contribution is -2.43. The van der Waals surface area contributed by atoms with E-state index in [1.165, 1.54) is 25.6 Å². The smallest absolute Gasteiger partial charge is 0.183 e. The van der Waals surface area contributed by atoms with Crippen LogP contribution in [-0.4, -0.2) is 34.1 Å². The Balaban J connectivity index is 2.42. The third-order valence-corrected chi connectivity index (χ3v) is 2.94. The predicted molar refractivity (Wildman–Crippen MR) is 66.9 cm³/mol. The fraction of sp³-hybridized carbons (Fsp3) is 0.909. The largest absolute Gasteiger partial charge is 0.267 e. The quantitative estimate of drug-likeness (QED) is 0.372. The number of hydrazone groups is 1. The first-order chi connectivity index (χ1) is 8.20. The van der Waals surface area contributed by atoms with Gasteiger partial charge < -0.3 is 0 Å². The minimum Gasteiger partial charge on any atom is -0.267 e. The van der Waals surface area contributed by atoms with Crippen molar-refractivity contribution in [3.05, 3.63) is 10.1 Å². The van der Waals surface area contributed by atoms with Gasteiger partial charge in [0, 0.05) is 6.54 Å². The van der Waals surface area contributed by atoms with Crippen LogP contribution in [0, 0.1) is 10.1 Å². The summed E-state index contributed by atoms with van der Waals surface area (Å²) in [6.45, 7) is 5.01. The molecule has 0 bridgehead atoms. The molecule has 0 saturated heterocycles. The van der Waals surface area contributed by atoms with Crippen LogP contribution in [-0.2, 0) is 0 Å². The summed E-state index contributed by atoms with van der Waals surface area (Å²) in [6.07, 6.45) is 7.46. The van der Waals surface area contributed by atoms with Gasteiger partial charge in [0.05, 0.1) is 0 Å². The van der Waals surface area contributed by atoms with Gasteiger partial charge in [-0.2, -0.15) is 5.10 Å². The molecule has 0 amide bonds. The summed E-state index contributed by atoms with van der Waals surface area (Å²) in [6, 6.07) is 0. The van der Waals surface area contributed by atoms with E-state index in [1.54, 1.807) is 0 Å². The van der Waals surface area contributed by atoms with Gasteiger partial charge in [-0.05, 0) is 12.8 Å². The molecular formula is C11H22N4O2. The van der Waals surface area contributed by atoms with Crippen LogP contribution in [0.2, 0.25) is 0 Å². The molecule has 1 unspecified atom stereocenters. The molecule has 6 nitrogen and oxygen atoms in total. The fourth-order valence-electron chi connectivity index (χ4n) is 2.01. The van der Waals surface area contributed by atoms with Crippen molar-refractivity contribution in [2.45, 2.75) is 58.5 Å². The maximum absolute atomic E-state index is 10.8. The summed E-state index contributed by atoms with van der Waals surface area (Å²) in [4.78, 5) is 10.8. The molecule has 1 aliphatic heterocycles. The van der Waals surface area contributed by atoms with Crippen LogP contribution in [0.5, 0.6) is 0 Å². The van der Waals surface area contributed by atoms with Gasteiger partial charge >= 0.3 is 0 Å². The topological polar surface area (TPSA) is 62.0 Å². The van der Waals surface area contributed by atoms with Gasteiger partial charge in [0.1, 0.15) is 0 Å². The Kier molecular flexibility index (Phi) is 5.72. The maximum atomic E-state index is 10.8. The first-order valence-corrected chi connectivity index (χ1v) is 6.44. The number of nitro groups is 1.